The van der Waals surface area contributed by atoms with Gasteiger partial charge in [0, 0.05) is 42.7 Å². The average molecular weight is 441 g/mol. The van der Waals surface area contributed by atoms with E-state index in [0.717, 1.165) is 28.6 Å². The quantitative estimate of drug-likeness (QED) is 0.391. The molecule has 3 heteroatoms. The standard InChI is InChI=1S/C17H14NO.Ir/c1-17(2)10-19-16-13-8-7-11-5-3-4-6-12(11)15(13)18-9-14(16)17;/h3-5,7-9H,10H2,1-2H3;/q-1;. The molecule has 20 heavy (non-hydrogen) atoms. The van der Waals surface area contributed by atoms with Gasteiger partial charge in [-0.3, -0.25) is 0 Å². The first-order valence-corrected chi connectivity index (χ1v) is 6.52. The van der Waals surface area contributed by atoms with Crippen molar-refractivity contribution < 1.29 is 24.8 Å². The number of benzene rings is 2. The van der Waals surface area contributed by atoms with Crippen molar-refractivity contribution in [2.75, 3.05) is 6.61 Å². The Morgan fingerprint density at radius 3 is 2.95 bits per heavy atom. The first-order chi connectivity index (χ1) is 9.17. The smallest absolute Gasteiger partial charge is 0.124 e. The molecule has 2 aromatic carbocycles. The number of fused-ring (bicyclic) bond motifs is 5. The Balaban J connectivity index is 0.00000121. The van der Waals surface area contributed by atoms with Crippen molar-refractivity contribution in [2.24, 2.45) is 0 Å². The Morgan fingerprint density at radius 2 is 2.10 bits per heavy atom. The summed E-state index contributed by atoms with van der Waals surface area (Å²) in [6.07, 6.45) is 1.96. The van der Waals surface area contributed by atoms with Crippen molar-refractivity contribution in [3.63, 3.8) is 0 Å². The van der Waals surface area contributed by atoms with Gasteiger partial charge >= 0.3 is 0 Å². The molecule has 0 bridgehead atoms. The van der Waals surface area contributed by atoms with E-state index in [4.69, 9.17) is 4.74 Å². The summed E-state index contributed by atoms with van der Waals surface area (Å²) in [5, 5.41) is 3.33. The van der Waals surface area contributed by atoms with Gasteiger partial charge < -0.3 is 9.72 Å². The molecule has 0 fully saturated rings. The van der Waals surface area contributed by atoms with Crippen molar-refractivity contribution in [3.8, 4) is 5.75 Å². The second-order valence-electron chi connectivity index (χ2n) is 5.77. The molecule has 1 aliphatic heterocycles. The minimum atomic E-state index is 0. The zero-order valence-electron chi connectivity index (χ0n) is 11.4. The second kappa shape index (κ2) is 4.54. The number of rotatable bonds is 0. The molecule has 0 atom stereocenters. The summed E-state index contributed by atoms with van der Waals surface area (Å²) >= 11 is 0. The fraction of sp³-hybridized carbons (Fsp3) is 0.235. The molecule has 0 aliphatic carbocycles. The summed E-state index contributed by atoms with van der Waals surface area (Å²) in [6, 6.07) is 13.5. The minimum Gasteiger partial charge on any atom is -0.492 e. The Bertz CT molecular complexity index is 811. The molecule has 0 spiro atoms. The van der Waals surface area contributed by atoms with Crippen LogP contribution in [0, 0.1) is 6.07 Å². The number of hydrogen-bond donors (Lipinski definition) is 0. The molecular weight excluding hydrogens is 426 g/mol. The van der Waals surface area contributed by atoms with Gasteiger partial charge in [0.1, 0.15) is 5.75 Å². The predicted octanol–water partition coefficient (Wildman–Crippen LogP) is 3.86. The summed E-state index contributed by atoms with van der Waals surface area (Å²) in [5.41, 5.74) is 2.23. The van der Waals surface area contributed by atoms with Crippen LogP contribution in [0.15, 0.2) is 36.5 Å². The van der Waals surface area contributed by atoms with Gasteiger partial charge in [-0.1, -0.05) is 26.0 Å². The number of pyridine rings is 1. The van der Waals surface area contributed by atoms with Crippen LogP contribution in [0.2, 0.25) is 0 Å². The van der Waals surface area contributed by atoms with E-state index in [1.54, 1.807) is 0 Å². The first-order valence-electron chi connectivity index (χ1n) is 6.52. The van der Waals surface area contributed by atoms with Gasteiger partial charge in [-0.2, -0.15) is 0 Å². The van der Waals surface area contributed by atoms with E-state index < -0.39 is 0 Å². The summed E-state index contributed by atoms with van der Waals surface area (Å²) in [7, 11) is 0. The monoisotopic (exact) mass is 441 g/mol. The van der Waals surface area contributed by atoms with Crippen LogP contribution in [0.1, 0.15) is 19.4 Å². The zero-order chi connectivity index (χ0) is 13.0. The van der Waals surface area contributed by atoms with Crippen molar-refractivity contribution in [3.05, 3.63) is 48.2 Å². The van der Waals surface area contributed by atoms with Crippen molar-refractivity contribution in [1.29, 1.82) is 0 Å². The Kier molecular flexibility index (Phi) is 3.07. The molecule has 0 saturated heterocycles. The predicted molar refractivity (Wildman–Crippen MR) is 76.6 cm³/mol. The SMILES string of the molecule is CC1(C)COc2c1cnc1c2ccc2ccc[c-]c21.[Ir]. The zero-order valence-corrected chi connectivity index (χ0v) is 13.8. The number of hydrogen-bond acceptors (Lipinski definition) is 2. The normalized spacial score (nSPS) is 15.7. The fourth-order valence-electron chi connectivity index (χ4n) is 2.80. The molecule has 0 saturated carbocycles. The van der Waals surface area contributed by atoms with E-state index in [0.29, 0.717) is 0 Å². The maximum Gasteiger partial charge on any atom is 0.124 e. The van der Waals surface area contributed by atoms with Gasteiger partial charge in [0.2, 0.25) is 0 Å². The Hall–Kier alpha value is -1.44. The Labute approximate surface area is 131 Å². The third-order valence-corrected chi connectivity index (χ3v) is 3.93. The summed E-state index contributed by atoms with van der Waals surface area (Å²) in [6.45, 7) is 5.11. The summed E-state index contributed by atoms with van der Waals surface area (Å²) in [5.74, 6) is 0.995. The second-order valence-corrected chi connectivity index (χ2v) is 5.77. The molecule has 0 unspecified atom stereocenters. The summed E-state index contributed by atoms with van der Waals surface area (Å²) < 4.78 is 5.92. The van der Waals surface area contributed by atoms with Crippen LogP contribution in [0.25, 0.3) is 21.7 Å². The molecular formula is C17H14IrNO-. The number of nitrogens with zero attached hydrogens (tertiary/aromatic N) is 1. The van der Waals surface area contributed by atoms with E-state index in [2.05, 4.69) is 43.1 Å². The minimum absolute atomic E-state index is 0. The van der Waals surface area contributed by atoms with Crippen LogP contribution in [0.3, 0.4) is 0 Å². The van der Waals surface area contributed by atoms with Crippen LogP contribution < -0.4 is 4.74 Å². The number of ether oxygens (including phenoxy) is 1. The third-order valence-electron chi connectivity index (χ3n) is 3.93. The van der Waals surface area contributed by atoms with Gasteiger partial charge in [0.05, 0.1) is 6.61 Å². The maximum absolute atomic E-state index is 5.92. The van der Waals surface area contributed by atoms with E-state index >= 15 is 0 Å². The van der Waals surface area contributed by atoms with Gasteiger partial charge in [-0.15, -0.1) is 35.0 Å². The van der Waals surface area contributed by atoms with Gasteiger partial charge in [0.15, 0.2) is 0 Å². The third kappa shape index (κ3) is 1.77. The molecule has 1 aromatic heterocycles. The van der Waals surface area contributed by atoms with Crippen molar-refractivity contribution >= 4 is 21.7 Å². The van der Waals surface area contributed by atoms with E-state index in [1.165, 1.54) is 10.9 Å². The van der Waals surface area contributed by atoms with Crippen LogP contribution in [-0.4, -0.2) is 11.6 Å². The Morgan fingerprint density at radius 1 is 1.25 bits per heavy atom. The van der Waals surface area contributed by atoms with E-state index in [1.807, 2.05) is 18.3 Å². The average Bonchev–Trinajstić information content (AvgIpc) is 2.74. The first kappa shape index (κ1) is 13.5. The molecule has 1 aliphatic rings. The fourth-order valence-corrected chi connectivity index (χ4v) is 2.80. The van der Waals surface area contributed by atoms with Crippen molar-refractivity contribution in [2.45, 2.75) is 19.3 Å². The van der Waals surface area contributed by atoms with Gasteiger partial charge in [-0.05, 0) is 5.52 Å². The molecule has 103 valence electrons. The van der Waals surface area contributed by atoms with Gasteiger partial charge in [0.25, 0.3) is 0 Å². The van der Waals surface area contributed by atoms with Crippen LogP contribution in [0.4, 0.5) is 0 Å². The number of aromatic nitrogens is 1. The molecule has 3 aromatic rings. The van der Waals surface area contributed by atoms with Crippen LogP contribution in [-0.2, 0) is 25.5 Å². The van der Waals surface area contributed by atoms with E-state index in [9.17, 15) is 0 Å². The maximum atomic E-state index is 5.92. The van der Waals surface area contributed by atoms with Crippen LogP contribution in [0.5, 0.6) is 5.75 Å². The van der Waals surface area contributed by atoms with Crippen molar-refractivity contribution in [1.82, 2.24) is 4.98 Å². The molecule has 2 nitrogen and oxygen atoms in total. The molecule has 2 heterocycles. The van der Waals surface area contributed by atoms with E-state index in [-0.39, 0.29) is 25.5 Å². The molecule has 4 rings (SSSR count). The summed E-state index contributed by atoms with van der Waals surface area (Å²) in [4.78, 5) is 4.67. The van der Waals surface area contributed by atoms with Crippen LogP contribution >= 0.6 is 0 Å². The topological polar surface area (TPSA) is 22.1 Å². The molecule has 0 amide bonds. The molecule has 1 radical (unpaired) electrons. The molecule has 0 N–H and O–H groups in total. The largest absolute Gasteiger partial charge is 0.492 e. The van der Waals surface area contributed by atoms with Gasteiger partial charge in [-0.25, -0.2) is 0 Å².